The molecule has 0 aromatic heterocycles. The number of hydrogen-bond donors (Lipinski definition) is 3. The third-order valence-electron chi connectivity index (χ3n) is 5.57. The van der Waals surface area contributed by atoms with E-state index in [-0.39, 0.29) is 21.3 Å². The van der Waals surface area contributed by atoms with Crippen LogP contribution in [0.5, 0.6) is 0 Å². The number of rotatable bonds is 6. The first kappa shape index (κ1) is 26.2. The number of nitrogens with one attached hydrogen (secondary N) is 3. The van der Waals surface area contributed by atoms with Crippen molar-refractivity contribution in [2.45, 2.75) is 10.3 Å². The van der Waals surface area contributed by atoms with E-state index in [4.69, 9.17) is 69.6 Å². The van der Waals surface area contributed by atoms with Gasteiger partial charge in [-0.3, -0.25) is 9.59 Å². The summed E-state index contributed by atoms with van der Waals surface area (Å²) < 4.78 is -1.36. The number of carbonyl (C=O) groups excluding carboxylic acids is 2. The molecular formula is C24H17Cl6N3O2. The van der Waals surface area contributed by atoms with Gasteiger partial charge in [0.1, 0.15) is 4.33 Å². The fourth-order valence-electron chi connectivity index (χ4n) is 3.77. The lowest BCUT2D eigenvalue weighted by Crippen LogP contribution is -2.18. The van der Waals surface area contributed by atoms with E-state index in [0.717, 1.165) is 5.69 Å². The first-order chi connectivity index (χ1) is 16.5. The van der Waals surface area contributed by atoms with Crippen molar-refractivity contribution in [1.82, 2.24) is 0 Å². The molecule has 0 heterocycles. The highest BCUT2D eigenvalue weighted by Gasteiger charge is 2.67. The monoisotopic (exact) mass is 589 g/mol. The van der Waals surface area contributed by atoms with Gasteiger partial charge in [-0.05, 0) is 60.2 Å². The lowest BCUT2D eigenvalue weighted by atomic mass is 10.1. The summed E-state index contributed by atoms with van der Waals surface area (Å²) in [5.41, 5.74) is 2.42. The van der Waals surface area contributed by atoms with Crippen LogP contribution < -0.4 is 16.0 Å². The third-order valence-corrected chi connectivity index (χ3v) is 7.57. The number of carbonyl (C=O) groups is 2. The van der Waals surface area contributed by atoms with Crippen LogP contribution in [0.25, 0.3) is 0 Å². The molecule has 2 atom stereocenters. The Bertz CT molecular complexity index is 1290. The number of halogens is 6. The molecule has 5 nitrogen and oxygen atoms in total. The summed E-state index contributed by atoms with van der Waals surface area (Å²) in [6.07, 6.45) is 0. The molecule has 2 amide bonds. The summed E-state index contributed by atoms with van der Waals surface area (Å²) in [6, 6.07) is 14.8. The Balaban J connectivity index is 1.53. The molecule has 3 aromatic carbocycles. The summed E-state index contributed by atoms with van der Waals surface area (Å²) in [4.78, 5) is 25.9. The van der Waals surface area contributed by atoms with Crippen LogP contribution in [-0.2, 0) is 4.79 Å². The van der Waals surface area contributed by atoms with Gasteiger partial charge < -0.3 is 16.0 Å². The molecule has 0 spiro atoms. The van der Waals surface area contributed by atoms with Crippen molar-refractivity contribution >= 4 is 98.5 Å². The highest BCUT2D eigenvalue weighted by atomic mass is 35.5. The molecule has 1 aliphatic carbocycles. The van der Waals surface area contributed by atoms with Gasteiger partial charge >= 0.3 is 0 Å². The van der Waals surface area contributed by atoms with Crippen LogP contribution in [0.3, 0.4) is 0 Å². The summed E-state index contributed by atoms with van der Waals surface area (Å²) in [5.74, 6) is -2.28. The summed E-state index contributed by atoms with van der Waals surface area (Å²) in [7, 11) is 1.80. The van der Waals surface area contributed by atoms with Crippen LogP contribution in [0, 0.1) is 5.92 Å². The van der Waals surface area contributed by atoms with Gasteiger partial charge in [0.05, 0.1) is 27.2 Å². The van der Waals surface area contributed by atoms with Gasteiger partial charge in [0.15, 0.2) is 0 Å². The number of alkyl halides is 2. The molecule has 182 valence electrons. The van der Waals surface area contributed by atoms with Crippen molar-refractivity contribution < 1.29 is 9.59 Å². The molecule has 1 fully saturated rings. The maximum absolute atomic E-state index is 13.1. The maximum atomic E-state index is 13.1. The molecule has 3 aromatic rings. The molecule has 2 unspecified atom stereocenters. The van der Waals surface area contributed by atoms with Crippen LogP contribution in [0.1, 0.15) is 21.8 Å². The topological polar surface area (TPSA) is 70.2 Å². The van der Waals surface area contributed by atoms with Crippen molar-refractivity contribution in [3.8, 4) is 0 Å². The Kier molecular flexibility index (Phi) is 7.68. The van der Waals surface area contributed by atoms with Crippen molar-refractivity contribution in [1.29, 1.82) is 0 Å². The molecular weight excluding hydrogens is 575 g/mol. The Hall–Kier alpha value is -1.86. The third kappa shape index (κ3) is 5.61. The van der Waals surface area contributed by atoms with E-state index >= 15 is 0 Å². The van der Waals surface area contributed by atoms with E-state index in [0.29, 0.717) is 21.3 Å². The zero-order chi connectivity index (χ0) is 25.5. The average molecular weight is 592 g/mol. The van der Waals surface area contributed by atoms with Crippen molar-refractivity contribution in [2.75, 3.05) is 23.0 Å². The van der Waals surface area contributed by atoms with E-state index < -0.39 is 28.0 Å². The minimum atomic E-state index is -1.36. The second-order valence-corrected chi connectivity index (χ2v) is 11.0. The molecule has 0 aliphatic heterocycles. The molecule has 4 rings (SSSR count). The second-order valence-electron chi connectivity index (χ2n) is 7.92. The number of amides is 2. The number of benzene rings is 3. The number of hydrogen-bond acceptors (Lipinski definition) is 3. The van der Waals surface area contributed by atoms with E-state index in [9.17, 15) is 9.59 Å². The lowest BCUT2D eigenvalue weighted by molar-refractivity contribution is -0.117. The van der Waals surface area contributed by atoms with Gasteiger partial charge in [-0.2, -0.15) is 0 Å². The first-order valence-corrected chi connectivity index (χ1v) is 12.5. The maximum Gasteiger partial charge on any atom is 0.257 e. The van der Waals surface area contributed by atoms with Crippen LogP contribution in [0.15, 0.2) is 54.6 Å². The van der Waals surface area contributed by atoms with Crippen LogP contribution >= 0.6 is 69.6 Å². The minimum Gasteiger partial charge on any atom is -0.388 e. The fraction of sp³-hybridized carbons (Fsp3) is 0.167. The zero-order valence-electron chi connectivity index (χ0n) is 17.9. The second kappa shape index (κ2) is 10.3. The molecule has 3 N–H and O–H groups in total. The Morgan fingerprint density at radius 1 is 0.800 bits per heavy atom. The fourth-order valence-corrected chi connectivity index (χ4v) is 5.66. The van der Waals surface area contributed by atoms with E-state index in [2.05, 4.69) is 16.0 Å². The molecule has 11 heteroatoms. The molecule has 1 saturated carbocycles. The largest absolute Gasteiger partial charge is 0.388 e. The van der Waals surface area contributed by atoms with Gasteiger partial charge in [-0.25, -0.2) is 0 Å². The van der Waals surface area contributed by atoms with Crippen molar-refractivity contribution in [2.24, 2.45) is 5.92 Å². The highest BCUT2D eigenvalue weighted by molar-refractivity contribution is 6.53. The predicted molar refractivity (Wildman–Crippen MR) is 146 cm³/mol. The molecule has 0 radical (unpaired) electrons. The minimum absolute atomic E-state index is 0.124. The zero-order valence-corrected chi connectivity index (χ0v) is 22.5. The van der Waals surface area contributed by atoms with Crippen LogP contribution in [-0.4, -0.2) is 23.2 Å². The van der Waals surface area contributed by atoms with E-state index in [1.807, 2.05) is 12.1 Å². The Morgan fingerprint density at radius 2 is 1.40 bits per heavy atom. The van der Waals surface area contributed by atoms with Crippen molar-refractivity contribution in [3.05, 3.63) is 85.8 Å². The summed E-state index contributed by atoms with van der Waals surface area (Å²) in [5, 5.41) is 9.55. The SMILES string of the molecule is CNc1ccc(NC(=O)c2cc(NC(=O)C3C(c4cc(Cl)cc(Cl)c4)C3(Cl)Cl)c(Cl)cc2Cl)cc1. The van der Waals surface area contributed by atoms with Crippen LogP contribution in [0.4, 0.5) is 17.1 Å². The normalized spacial score (nSPS) is 18.0. The number of anilines is 3. The standard InChI is InChI=1S/C24H17Cl6N3O2/c1-31-14-2-4-15(5-3-14)32-22(34)16-9-19(18(28)10-17(16)27)33-23(35)21-20(24(21,29)30)11-6-12(25)8-13(26)7-11/h2-10,20-21,31H,1H3,(H,32,34)(H,33,35). The lowest BCUT2D eigenvalue weighted by Gasteiger charge is -2.12. The first-order valence-electron chi connectivity index (χ1n) is 10.2. The Labute approximate surface area is 232 Å². The van der Waals surface area contributed by atoms with Crippen molar-refractivity contribution in [3.63, 3.8) is 0 Å². The Morgan fingerprint density at radius 3 is 2.00 bits per heavy atom. The smallest absolute Gasteiger partial charge is 0.257 e. The van der Waals surface area contributed by atoms with Gasteiger partial charge in [-0.15, -0.1) is 23.2 Å². The van der Waals surface area contributed by atoms with Gasteiger partial charge in [-0.1, -0.05) is 46.4 Å². The van der Waals surface area contributed by atoms with Gasteiger partial charge in [0.25, 0.3) is 5.91 Å². The highest BCUT2D eigenvalue weighted by Crippen LogP contribution is 2.65. The molecule has 1 aliphatic rings. The predicted octanol–water partition coefficient (Wildman–Crippen LogP) is 8.12. The average Bonchev–Trinajstić information content (AvgIpc) is 3.37. The van der Waals surface area contributed by atoms with E-state index in [1.165, 1.54) is 12.1 Å². The quantitative estimate of drug-likeness (QED) is 0.254. The molecule has 35 heavy (non-hydrogen) atoms. The van der Waals surface area contributed by atoms with E-state index in [1.54, 1.807) is 37.4 Å². The molecule has 0 saturated heterocycles. The van der Waals surface area contributed by atoms with Gasteiger partial charge in [0.2, 0.25) is 5.91 Å². The molecule has 0 bridgehead atoms. The summed E-state index contributed by atoms with van der Waals surface area (Å²) in [6.45, 7) is 0. The summed E-state index contributed by atoms with van der Waals surface area (Å²) >= 11 is 37.6. The van der Waals surface area contributed by atoms with Gasteiger partial charge in [0, 0.05) is 34.4 Å². The van der Waals surface area contributed by atoms with Crippen LogP contribution in [0.2, 0.25) is 20.1 Å².